The summed E-state index contributed by atoms with van der Waals surface area (Å²) in [6, 6.07) is 9.20. The van der Waals surface area contributed by atoms with Crippen LogP contribution in [0.15, 0.2) is 24.3 Å². The fourth-order valence-corrected chi connectivity index (χ4v) is 2.77. The lowest BCUT2D eigenvalue weighted by Crippen LogP contribution is -2.19. The summed E-state index contributed by atoms with van der Waals surface area (Å²) in [5.74, 6) is 0. The van der Waals surface area contributed by atoms with Gasteiger partial charge in [0.1, 0.15) is 0 Å². The summed E-state index contributed by atoms with van der Waals surface area (Å²) in [4.78, 5) is 3.54. The molecule has 2 nitrogen and oxygen atoms in total. The molecule has 0 bridgehead atoms. The van der Waals surface area contributed by atoms with Crippen molar-refractivity contribution >= 4 is 10.9 Å². The van der Waals surface area contributed by atoms with Crippen LogP contribution < -0.4 is 5.32 Å². The van der Waals surface area contributed by atoms with Gasteiger partial charge in [0, 0.05) is 22.6 Å². The van der Waals surface area contributed by atoms with Crippen LogP contribution in [0.2, 0.25) is 0 Å². The molecule has 2 aromatic rings. The average Bonchev–Trinajstić information content (AvgIpc) is 2.85. The number of H-pyrrole nitrogens is 1. The topological polar surface area (TPSA) is 27.8 Å². The van der Waals surface area contributed by atoms with Gasteiger partial charge in [0.15, 0.2) is 0 Å². The molecule has 3 rings (SSSR count). The summed E-state index contributed by atoms with van der Waals surface area (Å²) in [5.41, 5.74) is 4.24. The van der Waals surface area contributed by atoms with E-state index in [1.165, 1.54) is 41.4 Å². The molecule has 1 unspecified atom stereocenters. The standard InChI is InChI=1S/C14H18N2/c1-2-9-15-12-7-8-13-14(12)10-5-3-4-6-11(10)16-13/h3-6,12,15-16H,2,7-9H2,1H3. The summed E-state index contributed by atoms with van der Waals surface area (Å²) in [6.45, 7) is 3.34. The van der Waals surface area contributed by atoms with Crippen molar-refractivity contribution < 1.29 is 0 Å². The van der Waals surface area contributed by atoms with E-state index in [0.717, 1.165) is 6.54 Å². The van der Waals surface area contributed by atoms with E-state index in [1.807, 2.05) is 0 Å². The zero-order valence-corrected chi connectivity index (χ0v) is 9.72. The molecule has 0 amide bonds. The summed E-state index contributed by atoms with van der Waals surface area (Å²) >= 11 is 0. The number of nitrogens with one attached hydrogen (secondary N) is 2. The first-order valence-electron chi connectivity index (χ1n) is 6.23. The molecule has 16 heavy (non-hydrogen) atoms. The van der Waals surface area contributed by atoms with Gasteiger partial charge in [0.05, 0.1) is 0 Å². The fourth-order valence-electron chi connectivity index (χ4n) is 2.77. The Morgan fingerprint density at radius 2 is 2.25 bits per heavy atom. The van der Waals surface area contributed by atoms with Crippen molar-refractivity contribution in [3.8, 4) is 0 Å². The SMILES string of the molecule is CCCNC1CCc2[nH]c3ccccc3c21. The van der Waals surface area contributed by atoms with Crippen LogP contribution in [0.3, 0.4) is 0 Å². The molecule has 0 radical (unpaired) electrons. The van der Waals surface area contributed by atoms with Crippen LogP contribution in [0.5, 0.6) is 0 Å². The number of fused-ring (bicyclic) bond motifs is 3. The molecule has 0 saturated heterocycles. The van der Waals surface area contributed by atoms with Crippen LogP contribution in [0, 0.1) is 0 Å². The van der Waals surface area contributed by atoms with Crippen LogP contribution in [-0.2, 0) is 6.42 Å². The Labute approximate surface area is 96.1 Å². The number of para-hydroxylation sites is 1. The van der Waals surface area contributed by atoms with Crippen LogP contribution >= 0.6 is 0 Å². The smallest absolute Gasteiger partial charge is 0.0459 e. The predicted molar refractivity (Wildman–Crippen MR) is 67.7 cm³/mol. The molecule has 84 valence electrons. The Kier molecular flexibility index (Phi) is 2.44. The molecule has 0 aliphatic heterocycles. The number of aromatic amines is 1. The van der Waals surface area contributed by atoms with Crippen molar-refractivity contribution in [3.05, 3.63) is 35.5 Å². The third-order valence-electron chi connectivity index (χ3n) is 3.50. The van der Waals surface area contributed by atoms with Crippen LogP contribution in [-0.4, -0.2) is 11.5 Å². The first-order chi connectivity index (χ1) is 7.90. The molecule has 2 heteroatoms. The highest BCUT2D eigenvalue weighted by atomic mass is 14.9. The van der Waals surface area contributed by atoms with Gasteiger partial charge in [-0.15, -0.1) is 0 Å². The zero-order valence-electron chi connectivity index (χ0n) is 9.72. The maximum atomic E-state index is 3.65. The lowest BCUT2D eigenvalue weighted by atomic mass is 10.1. The number of aryl methyl sites for hydroxylation is 1. The number of benzene rings is 1. The molecule has 1 heterocycles. The fraction of sp³-hybridized carbons (Fsp3) is 0.429. The summed E-state index contributed by atoms with van der Waals surface area (Å²) in [6.07, 6.45) is 3.63. The second-order valence-corrected chi connectivity index (χ2v) is 4.61. The van der Waals surface area contributed by atoms with Gasteiger partial charge < -0.3 is 10.3 Å². The molecule has 1 aromatic carbocycles. The van der Waals surface area contributed by atoms with E-state index < -0.39 is 0 Å². The molecule has 0 fully saturated rings. The highest BCUT2D eigenvalue weighted by Gasteiger charge is 2.25. The van der Waals surface area contributed by atoms with Gasteiger partial charge in [0.2, 0.25) is 0 Å². The van der Waals surface area contributed by atoms with Crippen LogP contribution in [0.4, 0.5) is 0 Å². The van der Waals surface area contributed by atoms with Crippen LogP contribution in [0.25, 0.3) is 10.9 Å². The second kappa shape index (κ2) is 3.95. The van der Waals surface area contributed by atoms with Gasteiger partial charge in [-0.2, -0.15) is 0 Å². The Bertz CT molecular complexity index is 498. The average molecular weight is 214 g/mol. The predicted octanol–water partition coefficient (Wildman–Crippen LogP) is 3.15. The third-order valence-corrected chi connectivity index (χ3v) is 3.50. The Morgan fingerprint density at radius 3 is 3.12 bits per heavy atom. The molecular formula is C14H18N2. The summed E-state index contributed by atoms with van der Waals surface area (Å²) in [7, 11) is 0. The normalized spacial score (nSPS) is 19.2. The zero-order chi connectivity index (χ0) is 11.0. The first-order valence-corrected chi connectivity index (χ1v) is 6.23. The van der Waals surface area contributed by atoms with E-state index in [0.29, 0.717) is 6.04 Å². The molecule has 1 aliphatic carbocycles. The van der Waals surface area contributed by atoms with Crippen molar-refractivity contribution in [2.75, 3.05) is 6.54 Å². The number of hydrogen-bond acceptors (Lipinski definition) is 1. The lowest BCUT2D eigenvalue weighted by Gasteiger charge is -2.12. The third kappa shape index (κ3) is 1.45. The van der Waals surface area contributed by atoms with Crippen molar-refractivity contribution in [3.63, 3.8) is 0 Å². The van der Waals surface area contributed by atoms with Gasteiger partial charge in [-0.3, -0.25) is 0 Å². The van der Waals surface area contributed by atoms with Gasteiger partial charge in [-0.05, 0) is 37.4 Å². The van der Waals surface area contributed by atoms with Gasteiger partial charge in [-0.25, -0.2) is 0 Å². The number of rotatable bonds is 3. The Hall–Kier alpha value is -1.28. The van der Waals surface area contributed by atoms with E-state index in [2.05, 4.69) is 41.5 Å². The largest absolute Gasteiger partial charge is 0.358 e. The highest BCUT2D eigenvalue weighted by molar-refractivity contribution is 5.85. The minimum Gasteiger partial charge on any atom is -0.358 e. The quantitative estimate of drug-likeness (QED) is 0.807. The molecule has 0 spiro atoms. The van der Waals surface area contributed by atoms with E-state index in [1.54, 1.807) is 0 Å². The minimum atomic E-state index is 0.561. The molecule has 2 N–H and O–H groups in total. The number of hydrogen-bond donors (Lipinski definition) is 2. The molecule has 1 atom stereocenters. The van der Waals surface area contributed by atoms with E-state index in [-0.39, 0.29) is 0 Å². The maximum absolute atomic E-state index is 3.65. The van der Waals surface area contributed by atoms with Gasteiger partial charge >= 0.3 is 0 Å². The minimum absolute atomic E-state index is 0.561. The summed E-state index contributed by atoms with van der Waals surface area (Å²) in [5, 5.41) is 5.05. The molecule has 1 aromatic heterocycles. The van der Waals surface area contributed by atoms with Crippen LogP contribution in [0.1, 0.15) is 37.1 Å². The first kappa shape index (κ1) is 9.91. The Morgan fingerprint density at radius 1 is 1.38 bits per heavy atom. The Balaban J connectivity index is 2.02. The van der Waals surface area contributed by atoms with Crippen molar-refractivity contribution in [1.29, 1.82) is 0 Å². The van der Waals surface area contributed by atoms with E-state index in [4.69, 9.17) is 0 Å². The van der Waals surface area contributed by atoms with Crippen molar-refractivity contribution in [2.45, 2.75) is 32.2 Å². The van der Waals surface area contributed by atoms with Crippen molar-refractivity contribution in [2.24, 2.45) is 0 Å². The van der Waals surface area contributed by atoms with Crippen molar-refractivity contribution in [1.82, 2.24) is 10.3 Å². The second-order valence-electron chi connectivity index (χ2n) is 4.61. The van der Waals surface area contributed by atoms with Gasteiger partial charge in [-0.1, -0.05) is 25.1 Å². The highest BCUT2D eigenvalue weighted by Crippen LogP contribution is 2.36. The van der Waals surface area contributed by atoms with E-state index in [9.17, 15) is 0 Å². The number of aromatic nitrogens is 1. The molecular weight excluding hydrogens is 196 g/mol. The summed E-state index contributed by atoms with van der Waals surface area (Å²) < 4.78 is 0. The molecule has 0 saturated carbocycles. The van der Waals surface area contributed by atoms with Gasteiger partial charge in [0.25, 0.3) is 0 Å². The van der Waals surface area contributed by atoms with E-state index >= 15 is 0 Å². The maximum Gasteiger partial charge on any atom is 0.0459 e. The molecule has 1 aliphatic rings. The lowest BCUT2D eigenvalue weighted by molar-refractivity contribution is 0.531. The monoisotopic (exact) mass is 214 g/mol.